The van der Waals surface area contributed by atoms with Crippen LogP contribution >= 0.6 is 0 Å². The third-order valence-electron chi connectivity index (χ3n) is 7.34. The van der Waals surface area contributed by atoms with Crippen molar-refractivity contribution in [3.05, 3.63) is 81.6 Å². The average molecular weight is 577 g/mol. The van der Waals surface area contributed by atoms with Crippen LogP contribution in [-0.4, -0.2) is 58.2 Å². The normalized spacial score (nSPS) is 18.0. The molecule has 1 atom stereocenters. The Morgan fingerprint density at radius 1 is 0.762 bits per heavy atom. The summed E-state index contributed by atoms with van der Waals surface area (Å²) < 4.78 is 20.2. The van der Waals surface area contributed by atoms with Crippen LogP contribution in [0.3, 0.4) is 0 Å². The first-order valence-corrected chi connectivity index (χ1v) is 13.0. The SMILES string of the molecule is COC(=O)C1=C(C(=O)OC)N(c2ccc(C(C)(C)C)cc2)C2(C(=O)Nc3ccc(C)cc32)C(C(=O)OC)=C1C(=O)OC. The molecule has 0 saturated carbocycles. The maximum atomic E-state index is 14.4. The predicted molar refractivity (Wildman–Crippen MR) is 151 cm³/mol. The first-order chi connectivity index (χ1) is 19.8. The van der Waals surface area contributed by atoms with Crippen LogP contribution in [0.2, 0.25) is 0 Å². The molecule has 11 nitrogen and oxygen atoms in total. The Morgan fingerprint density at radius 3 is 1.83 bits per heavy atom. The molecular formula is C31H32N2O9. The van der Waals surface area contributed by atoms with Gasteiger partial charge in [0.05, 0.1) is 39.6 Å². The molecule has 2 heterocycles. The summed E-state index contributed by atoms with van der Waals surface area (Å²) in [6.07, 6.45) is 0. The third kappa shape index (κ3) is 4.41. The Bertz CT molecular complexity index is 1580. The summed E-state index contributed by atoms with van der Waals surface area (Å²) in [5.74, 6) is -5.29. The van der Waals surface area contributed by atoms with Gasteiger partial charge in [-0.15, -0.1) is 0 Å². The van der Waals surface area contributed by atoms with Gasteiger partial charge in [0, 0.05) is 16.9 Å². The van der Waals surface area contributed by atoms with Gasteiger partial charge in [0.1, 0.15) is 11.3 Å². The van der Waals surface area contributed by atoms with E-state index in [-0.39, 0.29) is 16.7 Å². The van der Waals surface area contributed by atoms with Crippen LogP contribution in [0.5, 0.6) is 0 Å². The number of aryl methyl sites for hydroxylation is 1. The van der Waals surface area contributed by atoms with Crippen molar-refractivity contribution in [2.75, 3.05) is 38.7 Å². The number of hydrogen-bond acceptors (Lipinski definition) is 10. The molecule has 11 heteroatoms. The maximum Gasteiger partial charge on any atom is 0.355 e. The number of ether oxygens (including phenoxy) is 4. The topological polar surface area (TPSA) is 138 Å². The highest BCUT2D eigenvalue weighted by Crippen LogP contribution is 2.54. The van der Waals surface area contributed by atoms with Crippen molar-refractivity contribution in [2.24, 2.45) is 0 Å². The first-order valence-electron chi connectivity index (χ1n) is 13.0. The Morgan fingerprint density at radius 2 is 1.31 bits per heavy atom. The molecule has 220 valence electrons. The van der Waals surface area contributed by atoms with E-state index in [0.717, 1.165) is 34.0 Å². The van der Waals surface area contributed by atoms with Gasteiger partial charge in [0.2, 0.25) is 0 Å². The van der Waals surface area contributed by atoms with Gasteiger partial charge in [-0.05, 0) is 36.1 Å². The maximum absolute atomic E-state index is 14.4. The number of carbonyl (C=O) groups excluding carboxylic acids is 5. The number of amides is 1. The molecule has 2 aliphatic rings. The zero-order valence-electron chi connectivity index (χ0n) is 24.7. The van der Waals surface area contributed by atoms with Crippen LogP contribution in [0.4, 0.5) is 11.4 Å². The van der Waals surface area contributed by atoms with E-state index in [9.17, 15) is 24.0 Å². The van der Waals surface area contributed by atoms with E-state index in [4.69, 9.17) is 18.9 Å². The Kier molecular flexibility index (Phi) is 7.73. The van der Waals surface area contributed by atoms with Crippen LogP contribution in [0, 0.1) is 6.92 Å². The summed E-state index contributed by atoms with van der Waals surface area (Å²) in [5, 5.41) is 2.78. The summed E-state index contributed by atoms with van der Waals surface area (Å²) in [6.45, 7) is 7.83. The highest BCUT2D eigenvalue weighted by atomic mass is 16.5. The van der Waals surface area contributed by atoms with Crippen molar-refractivity contribution in [3.8, 4) is 0 Å². The number of benzene rings is 2. The average Bonchev–Trinajstić information content (AvgIpc) is 3.25. The molecule has 2 aromatic carbocycles. The van der Waals surface area contributed by atoms with Gasteiger partial charge in [-0.3, -0.25) is 4.79 Å². The van der Waals surface area contributed by atoms with Crippen LogP contribution in [0.15, 0.2) is 64.9 Å². The molecule has 0 saturated heterocycles. The lowest BCUT2D eigenvalue weighted by Crippen LogP contribution is -2.59. The number of rotatable bonds is 5. The predicted octanol–water partition coefficient (Wildman–Crippen LogP) is 3.20. The fraction of sp³-hybridized carbons (Fsp3) is 0.323. The Balaban J connectivity index is 2.32. The third-order valence-corrected chi connectivity index (χ3v) is 7.34. The van der Waals surface area contributed by atoms with Crippen molar-refractivity contribution < 1.29 is 42.9 Å². The lowest BCUT2D eigenvalue weighted by atomic mass is 9.73. The smallest absolute Gasteiger partial charge is 0.355 e. The van der Waals surface area contributed by atoms with Crippen molar-refractivity contribution in [1.29, 1.82) is 0 Å². The van der Waals surface area contributed by atoms with Gasteiger partial charge >= 0.3 is 23.9 Å². The van der Waals surface area contributed by atoms with Gasteiger partial charge < -0.3 is 29.2 Å². The molecule has 0 radical (unpaired) electrons. The number of nitrogens with zero attached hydrogens (tertiary/aromatic N) is 1. The van der Waals surface area contributed by atoms with E-state index in [1.807, 2.05) is 20.8 Å². The van der Waals surface area contributed by atoms with Crippen LogP contribution < -0.4 is 10.2 Å². The molecule has 1 N–H and O–H groups in total. The molecule has 2 aromatic rings. The van der Waals surface area contributed by atoms with Crippen LogP contribution in [-0.2, 0) is 53.9 Å². The number of hydrogen-bond donors (Lipinski definition) is 1. The lowest BCUT2D eigenvalue weighted by Gasteiger charge is -2.46. The Hall–Kier alpha value is -4.93. The van der Waals surface area contributed by atoms with Crippen LogP contribution in [0.25, 0.3) is 0 Å². The second kappa shape index (κ2) is 10.8. The quantitative estimate of drug-likeness (QED) is 0.417. The molecule has 1 spiro atoms. The number of methoxy groups -OCH3 is 4. The molecule has 0 aromatic heterocycles. The largest absolute Gasteiger partial charge is 0.466 e. The minimum Gasteiger partial charge on any atom is -0.466 e. The minimum absolute atomic E-state index is 0.236. The van der Waals surface area contributed by atoms with Crippen molar-refractivity contribution in [1.82, 2.24) is 0 Å². The highest BCUT2D eigenvalue weighted by Gasteiger charge is 2.64. The standard InChI is InChI=1S/C31H32N2O9/c1-16-9-14-20-19(15-16)31(29(38)32-20)23(27(36)41-7)21(25(34)39-5)22(26(35)40-6)24(28(37)42-8)33(31)18-12-10-17(11-13-18)30(2,3)4/h9-15H,1-8H3,(H,32,38). The molecule has 1 amide bonds. The summed E-state index contributed by atoms with van der Waals surface area (Å²) in [4.78, 5) is 70.0. The van der Waals surface area contributed by atoms with Crippen LogP contribution in [0.1, 0.15) is 37.5 Å². The number of carbonyl (C=O) groups is 5. The van der Waals surface area contributed by atoms with Crippen molar-refractivity contribution in [3.63, 3.8) is 0 Å². The summed E-state index contributed by atoms with van der Waals surface area (Å²) in [7, 11) is 4.24. The van der Waals surface area contributed by atoms with Gasteiger partial charge in [0.25, 0.3) is 5.91 Å². The van der Waals surface area contributed by atoms with E-state index in [2.05, 4.69) is 5.32 Å². The van der Waals surface area contributed by atoms with Gasteiger partial charge in [-0.2, -0.15) is 0 Å². The second-order valence-corrected chi connectivity index (χ2v) is 10.8. The van der Waals surface area contributed by atoms with E-state index in [1.54, 1.807) is 49.4 Å². The highest BCUT2D eigenvalue weighted by molar-refractivity contribution is 6.25. The van der Waals surface area contributed by atoms with E-state index in [0.29, 0.717) is 11.3 Å². The first kappa shape index (κ1) is 30.0. The molecule has 0 fully saturated rings. The fourth-order valence-electron chi connectivity index (χ4n) is 5.37. The summed E-state index contributed by atoms with van der Waals surface area (Å²) >= 11 is 0. The van der Waals surface area contributed by atoms with E-state index >= 15 is 0 Å². The monoisotopic (exact) mass is 576 g/mol. The summed E-state index contributed by atoms with van der Waals surface area (Å²) in [5.41, 5.74) is -2.38. The van der Waals surface area contributed by atoms with Crippen molar-refractivity contribution >= 4 is 41.2 Å². The zero-order valence-corrected chi connectivity index (χ0v) is 24.7. The zero-order chi connectivity index (χ0) is 31.1. The molecular weight excluding hydrogens is 544 g/mol. The number of nitrogens with one attached hydrogen (secondary N) is 1. The van der Waals surface area contributed by atoms with Crippen molar-refractivity contribution in [2.45, 2.75) is 38.6 Å². The molecule has 0 aliphatic carbocycles. The molecule has 1 unspecified atom stereocenters. The lowest BCUT2D eigenvalue weighted by molar-refractivity contribution is -0.143. The van der Waals surface area contributed by atoms with Gasteiger partial charge in [0.15, 0.2) is 5.54 Å². The Labute approximate surface area is 243 Å². The minimum atomic E-state index is -2.22. The fourth-order valence-corrected chi connectivity index (χ4v) is 5.37. The second-order valence-electron chi connectivity index (χ2n) is 10.8. The molecule has 2 aliphatic heterocycles. The number of esters is 4. The summed E-state index contributed by atoms with van der Waals surface area (Å²) in [6, 6.07) is 12.0. The van der Waals surface area contributed by atoms with Gasteiger partial charge in [-0.1, -0.05) is 50.6 Å². The molecule has 42 heavy (non-hydrogen) atoms. The number of fused-ring (bicyclic) bond motifs is 2. The molecule has 4 rings (SSSR count). The number of anilines is 2. The van der Waals surface area contributed by atoms with Gasteiger partial charge in [-0.25, -0.2) is 19.2 Å². The van der Waals surface area contributed by atoms with E-state index < -0.39 is 57.7 Å². The molecule has 0 bridgehead atoms. The van der Waals surface area contributed by atoms with E-state index in [1.165, 1.54) is 4.90 Å².